The van der Waals surface area contributed by atoms with Crippen LogP contribution in [-0.2, 0) is 5.60 Å². The van der Waals surface area contributed by atoms with Crippen molar-refractivity contribution in [2.75, 3.05) is 18.4 Å². The van der Waals surface area contributed by atoms with E-state index in [2.05, 4.69) is 25.3 Å². The summed E-state index contributed by atoms with van der Waals surface area (Å²) >= 11 is 0. The third-order valence-corrected chi connectivity index (χ3v) is 6.04. The Bertz CT molecular complexity index is 1590. The van der Waals surface area contributed by atoms with Gasteiger partial charge in [0.05, 0.1) is 31.3 Å². The van der Waals surface area contributed by atoms with Crippen LogP contribution in [0.1, 0.15) is 22.4 Å². The van der Waals surface area contributed by atoms with Gasteiger partial charge in [-0.1, -0.05) is 6.07 Å². The van der Waals surface area contributed by atoms with E-state index in [4.69, 9.17) is 11.5 Å². The van der Waals surface area contributed by atoms with Gasteiger partial charge in [-0.2, -0.15) is 0 Å². The fourth-order valence-electron chi connectivity index (χ4n) is 4.04. The van der Waals surface area contributed by atoms with Crippen LogP contribution in [0.5, 0.6) is 0 Å². The van der Waals surface area contributed by atoms with E-state index >= 15 is 0 Å². The molecule has 0 fully saturated rings. The number of benzene rings is 2. The Morgan fingerprint density at radius 3 is 2.32 bits per heavy atom. The van der Waals surface area contributed by atoms with Crippen molar-refractivity contribution in [3.05, 3.63) is 125 Å². The molecule has 1 atom stereocenters. The maximum absolute atomic E-state index is 14.7. The lowest BCUT2D eigenvalue weighted by Crippen LogP contribution is -2.38. The van der Waals surface area contributed by atoms with E-state index in [-0.39, 0.29) is 30.2 Å². The lowest BCUT2D eigenvalue weighted by molar-refractivity contribution is 0.0566. The van der Waals surface area contributed by atoms with E-state index in [1.54, 1.807) is 12.1 Å². The number of nitrogens with two attached hydrogens (primary N) is 2. The van der Waals surface area contributed by atoms with Crippen LogP contribution in [0.15, 0.2) is 89.1 Å². The Balaban J connectivity index is 1.71. The molecule has 0 radical (unpaired) electrons. The van der Waals surface area contributed by atoms with Gasteiger partial charge in [-0.05, 0) is 65.7 Å². The molecule has 2 aromatic heterocycles. The number of halogens is 4. The molecule has 0 aliphatic rings. The first-order valence-corrected chi connectivity index (χ1v) is 12.2. The van der Waals surface area contributed by atoms with Crippen LogP contribution in [0.3, 0.4) is 0 Å². The molecule has 0 amide bonds. The second-order valence-electron chi connectivity index (χ2n) is 8.85. The number of nitrogens with one attached hydrogen (secondary N) is 1. The molecule has 0 saturated carbocycles. The van der Waals surface area contributed by atoms with Crippen LogP contribution in [0, 0.1) is 23.3 Å². The van der Waals surface area contributed by atoms with Crippen molar-refractivity contribution < 1.29 is 22.7 Å². The Labute approximate surface area is 232 Å². The minimum atomic E-state index is -1.94. The van der Waals surface area contributed by atoms with Crippen LogP contribution < -0.4 is 16.8 Å². The van der Waals surface area contributed by atoms with Crippen molar-refractivity contribution in [3.8, 4) is 0 Å². The molecule has 2 aromatic carbocycles. The first-order chi connectivity index (χ1) is 19.7. The smallest absolute Gasteiger partial charge is 0.141 e. The van der Waals surface area contributed by atoms with Gasteiger partial charge in [-0.3, -0.25) is 9.98 Å². The van der Waals surface area contributed by atoms with E-state index < -0.39 is 28.9 Å². The number of hydrogen-bond acceptors (Lipinski definition) is 6. The van der Waals surface area contributed by atoms with E-state index in [1.807, 2.05) is 0 Å². The predicted octanol–water partition coefficient (Wildman–Crippen LogP) is 4.22. The van der Waals surface area contributed by atoms with Gasteiger partial charge in [0.25, 0.3) is 0 Å². The quantitative estimate of drug-likeness (QED) is 0.130. The largest absolute Gasteiger partial charge is 0.398 e. The molecule has 2 heterocycles. The third-order valence-electron chi connectivity index (χ3n) is 6.04. The molecule has 8 nitrogen and oxygen atoms in total. The zero-order chi connectivity index (χ0) is 29.4. The lowest BCUT2D eigenvalue weighted by Gasteiger charge is -2.28. The third kappa shape index (κ3) is 7.11. The van der Waals surface area contributed by atoms with Crippen LogP contribution in [0.4, 0.5) is 23.4 Å². The average Bonchev–Trinajstić information content (AvgIpc) is 2.96. The zero-order valence-corrected chi connectivity index (χ0v) is 21.5. The first kappa shape index (κ1) is 28.9. The van der Waals surface area contributed by atoms with E-state index in [9.17, 15) is 22.7 Å². The lowest BCUT2D eigenvalue weighted by atomic mass is 9.93. The van der Waals surface area contributed by atoms with Gasteiger partial charge in [0.2, 0.25) is 0 Å². The number of nitrogens with zero attached hydrogens (tertiary/aromatic N) is 4. The Hall–Kier alpha value is -5.10. The Morgan fingerprint density at radius 2 is 1.63 bits per heavy atom. The summed E-state index contributed by atoms with van der Waals surface area (Å²) in [6, 6.07) is 14.2. The SMILES string of the molecule is NC=NC=NCC(O)(CNc1cc(/C(=C(/N)c2ccc(F)cc2)c2ccc(F)cn2)ccn1)c1ccc(F)cc1F. The Kier molecular flexibility index (Phi) is 9.05. The number of anilines is 1. The molecular formula is C29H25F4N7O. The summed E-state index contributed by atoms with van der Waals surface area (Å²) in [6.45, 7) is -0.640. The van der Waals surface area contributed by atoms with Gasteiger partial charge >= 0.3 is 0 Å². The highest BCUT2D eigenvalue weighted by atomic mass is 19.1. The van der Waals surface area contributed by atoms with Crippen LogP contribution in [-0.4, -0.2) is 40.8 Å². The molecule has 0 aliphatic heterocycles. The fourth-order valence-corrected chi connectivity index (χ4v) is 4.04. The summed E-state index contributed by atoms with van der Waals surface area (Å²) in [7, 11) is 0. The molecule has 0 aliphatic carbocycles. The summed E-state index contributed by atoms with van der Waals surface area (Å²) in [5.41, 5.74) is 11.5. The van der Waals surface area contributed by atoms with Gasteiger partial charge < -0.3 is 21.9 Å². The van der Waals surface area contributed by atoms with Crippen molar-refractivity contribution in [1.29, 1.82) is 0 Å². The number of aliphatic hydroxyl groups is 1. The van der Waals surface area contributed by atoms with Gasteiger partial charge in [0.15, 0.2) is 0 Å². The summed E-state index contributed by atoms with van der Waals surface area (Å²) in [6.07, 6.45) is 4.59. The monoisotopic (exact) mass is 563 g/mol. The van der Waals surface area contributed by atoms with Crippen LogP contribution in [0.2, 0.25) is 0 Å². The minimum absolute atomic E-state index is 0.201. The van der Waals surface area contributed by atoms with Crippen LogP contribution >= 0.6 is 0 Å². The number of aromatic nitrogens is 2. The molecule has 0 bridgehead atoms. The molecule has 6 N–H and O–H groups in total. The normalized spacial score (nSPS) is 13.8. The highest BCUT2D eigenvalue weighted by Crippen LogP contribution is 2.31. The van der Waals surface area contributed by atoms with Crippen molar-refractivity contribution in [2.45, 2.75) is 5.60 Å². The zero-order valence-electron chi connectivity index (χ0n) is 21.5. The van der Waals surface area contributed by atoms with E-state index in [1.165, 1.54) is 42.6 Å². The van der Waals surface area contributed by atoms with Crippen molar-refractivity contribution in [3.63, 3.8) is 0 Å². The average molecular weight is 564 g/mol. The summed E-state index contributed by atoms with van der Waals surface area (Å²) in [5.74, 6) is -2.51. The molecule has 1 unspecified atom stereocenters. The standard InChI is InChI=1S/C29H25F4N7O/c30-20-3-1-18(2-4-20)28(35)27(25-8-6-22(32)13-39-25)19-9-10-38-26(11-19)40-15-29(41,14-36-17-37-16-34)23-7-5-21(31)12-24(23)33/h1-13,16-17,41H,14-15,35H2,(H,38,40)(H2,34,36,37)/b28-27-. The molecule has 12 heteroatoms. The Morgan fingerprint density at radius 1 is 0.902 bits per heavy atom. The van der Waals surface area contributed by atoms with Gasteiger partial charge in [-0.25, -0.2) is 27.5 Å². The first-order valence-electron chi connectivity index (χ1n) is 12.2. The van der Waals surface area contributed by atoms with Gasteiger partial charge in [0, 0.05) is 29.1 Å². The molecule has 4 rings (SSSR count). The molecular weight excluding hydrogens is 538 g/mol. The fraction of sp³-hybridized carbons (Fsp3) is 0.103. The molecule has 0 spiro atoms. The van der Waals surface area contributed by atoms with Crippen molar-refractivity contribution in [1.82, 2.24) is 9.97 Å². The summed E-state index contributed by atoms with van der Waals surface area (Å²) in [4.78, 5) is 16.0. The van der Waals surface area contributed by atoms with E-state index in [0.29, 0.717) is 28.5 Å². The van der Waals surface area contributed by atoms with Crippen molar-refractivity contribution in [2.24, 2.45) is 21.5 Å². The number of pyridine rings is 2. The van der Waals surface area contributed by atoms with Gasteiger partial charge in [-0.15, -0.1) is 0 Å². The molecule has 4 aromatic rings. The number of rotatable bonds is 10. The molecule has 0 saturated heterocycles. The topological polar surface area (TPSA) is 135 Å². The summed E-state index contributed by atoms with van der Waals surface area (Å²) in [5, 5.41) is 14.4. The second-order valence-corrected chi connectivity index (χ2v) is 8.85. The highest BCUT2D eigenvalue weighted by molar-refractivity contribution is 5.96. The van der Waals surface area contributed by atoms with Crippen molar-refractivity contribution >= 4 is 29.8 Å². The molecule has 210 valence electrons. The molecule has 41 heavy (non-hydrogen) atoms. The summed E-state index contributed by atoms with van der Waals surface area (Å²) < 4.78 is 55.4. The maximum Gasteiger partial charge on any atom is 0.141 e. The highest BCUT2D eigenvalue weighted by Gasteiger charge is 2.32. The second kappa shape index (κ2) is 12.8. The van der Waals surface area contributed by atoms with Crippen LogP contribution in [0.25, 0.3) is 11.3 Å². The maximum atomic E-state index is 14.7. The number of hydrogen-bond donors (Lipinski definition) is 4. The number of aliphatic imine (C=N–C) groups is 2. The minimum Gasteiger partial charge on any atom is -0.398 e. The van der Waals surface area contributed by atoms with E-state index in [0.717, 1.165) is 31.0 Å². The van der Waals surface area contributed by atoms with Gasteiger partial charge in [0.1, 0.15) is 41.0 Å². The predicted molar refractivity (Wildman–Crippen MR) is 150 cm³/mol.